The number of benzene rings is 2. The average molecular weight is 346 g/mol. The van der Waals surface area contributed by atoms with E-state index in [1.54, 1.807) is 0 Å². The van der Waals surface area contributed by atoms with Gasteiger partial charge in [0.1, 0.15) is 0 Å². The van der Waals surface area contributed by atoms with Crippen LogP contribution >= 0.6 is 0 Å². The second-order valence-electron chi connectivity index (χ2n) is 6.00. The molecule has 2 aromatic carbocycles. The van der Waals surface area contributed by atoms with E-state index in [0.29, 0.717) is 12.1 Å². The molecule has 0 aliphatic rings. The van der Waals surface area contributed by atoms with E-state index < -0.39 is 9.84 Å². The maximum atomic E-state index is 12.5. The van der Waals surface area contributed by atoms with Crippen LogP contribution in [0.3, 0.4) is 0 Å². The first-order valence-electron chi connectivity index (χ1n) is 7.58. The molecule has 0 aliphatic carbocycles. The lowest BCUT2D eigenvalue weighted by atomic mass is 10.1. The SMILES string of the molecule is CN(C)C[C@@H](NC(=O)c1ccc(S(C)(=O)=O)cc1)c1ccccc1. The van der Waals surface area contributed by atoms with Crippen LogP contribution in [0.25, 0.3) is 0 Å². The first-order valence-corrected chi connectivity index (χ1v) is 9.47. The minimum absolute atomic E-state index is 0.150. The zero-order valence-corrected chi connectivity index (χ0v) is 14.9. The molecule has 2 rings (SSSR count). The van der Waals surface area contributed by atoms with Crippen LogP contribution < -0.4 is 5.32 Å². The quantitative estimate of drug-likeness (QED) is 0.870. The van der Waals surface area contributed by atoms with Crippen molar-refractivity contribution in [1.82, 2.24) is 10.2 Å². The number of hydrogen-bond acceptors (Lipinski definition) is 4. The van der Waals surface area contributed by atoms with Crippen molar-refractivity contribution in [1.29, 1.82) is 0 Å². The largest absolute Gasteiger partial charge is 0.344 e. The van der Waals surface area contributed by atoms with Crippen molar-refractivity contribution in [2.75, 3.05) is 26.9 Å². The predicted molar refractivity (Wildman–Crippen MR) is 94.8 cm³/mol. The highest BCUT2D eigenvalue weighted by Gasteiger charge is 2.17. The summed E-state index contributed by atoms with van der Waals surface area (Å²) in [6.45, 7) is 0.664. The minimum atomic E-state index is -3.27. The van der Waals surface area contributed by atoms with Crippen molar-refractivity contribution in [2.45, 2.75) is 10.9 Å². The van der Waals surface area contributed by atoms with Gasteiger partial charge in [0.15, 0.2) is 9.84 Å². The van der Waals surface area contributed by atoms with Gasteiger partial charge in [0.25, 0.3) is 5.91 Å². The van der Waals surface area contributed by atoms with Crippen LogP contribution in [-0.4, -0.2) is 46.1 Å². The first-order chi connectivity index (χ1) is 11.3. The number of nitrogens with one attached hydrogen (secondary N) is 1. The van der Waals surface area contributed by atoms with Gasteiger partial charge in [-0.3, -0.25) is 4.79 Å². The molecular formula is C18H22N2O3S. The van der Waals surface area contributed by atoms with Crippen LogP contribution in [-0.2, 0) is 9.84 Å². The Hall–Kier alpha value is -2.18. The number of sulfone groups is 1. The summed E-state index contributed by atoms with van der Waals surface area (Å²) in [5.41, 5.74) is 1.45. The van der Waals surface area contributed by atoms with Gasteiger partial charge in [0.05, 0.1) is 10.9 Å². The summed E-state index contributed by atoms with van der Waals surface area (Å²) in [6.07, 6.45) is 1.14. The second kappa shape index (κ2) is 7.59. The molecule has 0 heterocycles. The zero-order chi connectivity index (χ0) is 17.7. The third-order valence-electron chi connectivity index (χ3n) is 3.60. The molecule has 24 heavy (non-hydrogen) atoms. The third kappa shape index (κ3) is 4.91. The number of carbonyl (C=O) groups is 1. The predicted octanol–water partition coefficient (Wildman–Crippen LogP) is 2.12. The molecule has 0 spiro atoms. The lowest BCUT2D eigenvalue weighted by Crippen LogP contribution is -2.35. The normalized spacial score (nSPS) is 12.8. The van der Waals surface area contributed by atoms with Gasteiger partial charge < -0.3 is 10.2 Å². The molecule has 0 radical (unpaired) electrons. The highest BCUT2D eigenvalue weighted by molar-refractivity contribution is 7.90. The summed E-state index contributed by atoms with van der Waals surface area (Å²) in [4.78, 5) is 14.7. The monoisotopic (exact) mass is 346 g/mol. The number of nitrogens with zero attached hydrogens (tertiary/aromatic N) is 1. The molecule has 0 saturated carbocycles. The van der Waals surface area contributed by atoms with Crippen molar-refractivity contribution in [3.63, 3.8) is 0 Å². The van der Waals surface area contributed by atoms with Crippen molar-refractivity contribution in [3.8, 4) is 0 Å². The molecule has 5 nitrogen and oxygen atoms in total. The van der Waals surface area contributed by atoms with Crippen LogP contribution in [0.5, 0.6) is 0 Å². The lowest BCUT2D eigenvalue weighted by Gasteiger charge is -2.23. The van der Waals surface area contributed by atoms with E-state index in [1.807, 2.05) is 49.3 Å². The van der Waals surface area contributed by atoms with Crippen LogP contribution in [0.15, 0.2) is 59.5 Å². The summed E-state index contributed by atoms with van der Waals surface area (Å²) in [6, 6.07) is 15.6. The Morgan fingerprint density at radius 1 is 1.04 bits per heavy atom. The molecule has 0 aromatic heterocycles. The molecule has 2 aromatic rings. The van der Waals surface area contributed by atoms with Crippen molar-refractivity contribution in [3.05, 3.63) is 65.7 Å². The highest BCUT2D eigenvalue weighted by atomic mass is 32.2. The fourth-order valence-electron chi connectivity index (χ4n) is 2.38. The summed E-state index contributed by atoms with van der Waals surface area (Å²) < 4.78 is 23.0. The highest BCUT2D eigenvalue weighted by Crippen LogP contribution is 2.15. The molecule has 0 aliphatic heterocycles. The topological polar surface area (TPSA) is 66.5 Å². The first kappa shape index (κ1) is 18.2. The summed E-state index contributed by atoms with van der Waals surface area (Å²) in [7, 11) is 0.629. The molecule has 128 valence electrons. The Morgan fingerprint density at radius 2 is 1.62 bits per heavy atom. The Kier molecular flexibility index (Phi) is 5.75. The van der Waals surface area contributed by atoms with E-state index >= 15 is 0 Å². The second-order valence-corrected chi connectivity index (χ2v) is 8.01. The van der Waals surface area contributed by atoms with Crippen molar-refractivity contribution in [2.24, 2.45) is 0 Å². The number of hydrogen-bond donors (Lipinski definition) is 1. The van der Waals surface area contributed by atoms with Crippen LogP contribution in [0.2, 0.25) is 0 Å². The number of amides is 1. The average Bonchev–Trinajstić information content (AvgIpc) is 2.54. The van der Waals surface area contributed by atoms with Crippen LogP contribution in [0.4, 0.5) is 0 Å². The van der Waals surface area contributed by atoms with Gasteiger partial charge in [-0.05, 0) is 43.9 Å². The third-order valence-corrected chi connectivity index (χ3v) is 4.73. The van der Waals surface area contributed by atoms with E-state index in [9.17, 15) is 13.2 Å². The minimum Gasteiger partial charge on any atom is -0.344 e. The van der Waals surface area contributed by atoms with Gasteiger partial charge in [-0.25, -0.2) is 8.42 Å². The molecule has 1 amide bonds. The van der Waals surface area contributed by atoms with Gasteiger partial charge >= 0.3 is 0 Å². The van der Waals surface area contributed by atoms with Gasteiger partial charge in [-0.1, -0.05) is 30.3 Å². The van der Waals surface area contributed by atoms with E-state index in [2.05, 4.69) is 5.32 Å². The van der Waals surface area contributed by atoms with E-state index in [-0.39, 0.29) is 16.8 Å². The molecular weight excluding hydrogens is 324 g/mol. The molecule has 0 unspecified atom stereocenters. The van der Waals surface area contributed by atoms with Gasteiger partial charge in [0, 0.05) is 18.4 Å². The number of carbonyl (C=O) groups excluding carboxylic acids is 1. The molecule has 1 N–H and O–H groups in total. The number of rotatable bonds is 6. The van der Waals surface area contributed by atoms with Gasteiger partial charge in [0.2, 0.25) is 0 Å². The van der Waals surface area contributed by atoms with E-state index in [0.717, 1.165) is 11.8 Å². The molecule has 0 fully saturated rings. The van der Waals surface area contributed by atoms with Crippen molar-refractivity contribution >= 4 is 15.7 Å². The fourth-order valence-corrected chi connectivity index (χ4v) is 3.01. The maximum Gasteiger partial charge on any atom is 0.251 e. The Balaban J connectivity index is 2.18. The lowest BCUT2D eigenvalue weighted by molar-refractivity contribution is 0.0930. The summed E-state index contributed by atoms with van der Waals surface area (Å²) >= 11 is 0. The fraction of sp³-hybridized carbons (Fsp3) is 0.278. The molecule has 0 saturated heterocycles. The van der Waals surface area contributed by atoms with Gasteiger partial charge in [-0.15, -0.1) is 0 Å². The standard InChI is InChI=1S/C18H22N2O3S/c1-20(2)13-17(14-7-5-4-6-8-14)19-18(21)15-9-11-16(12-10-15)24(3,22)23/h4-12,17H,13H2,1-3H3,(H,19,21)/t17-/m1/s1. The summed E-state index contributed by atoms with van der Waals surface area (Å²) in [5, 5.41) is 3.01. The Labute approximate surface area is 143 Å². The van der Waals surface area contributed by atoms with E-state index in [1.165, 1.54) is 24.3 Å². The smallest absolute Gasteiger partial charge is 0.251 e. The Morgan fingerprint density at radius 3 is 2.12 bits per heavy atom. The summed E-state index contributed by atoms with van der Waals surface area (Å²) in [5.74, 6) is -0.231. The van der Waals surface area contributed by atoms with Crippen LogP contribution in [0.1, 0.15) is 22.0 Å². The molecule has 6 heteroatoms. The van der Waals surface area contributed by atoms with Gasteiger partial charge in [-0.2, -0.15) is 0 Å². The zero-order valence-electron chi connectivity index (χ0n) is 14.1. The van der Waals surface area contributed by atoms with Crippen molar-refractivity contribution < 1.29 is 13.2 Å². The maximum absolute atomic E-state index is 12.5. The molecule has 0 bridgehead atoms. The van der Waals surface area contributed by atoms with Crippen LogP contribution in [0, 0.1) is 0 Å². The molecule has 1 atom stereocenters. The number of likely N-dealkylation sites (N-methyl/N-ethyl adjacent to an activating group) is 1. The Bertz CT molecular complexity index is 785. The van der Waals surface area contributed by atoms with E-state index in [4.69, 9.17) is 0 Å².